The smallest absolute Gasteiger partial charge is 0.262 e. The second-order valence-corrected chi connectivity index (χ2v) is 7.00. The van der Waals surface area contributed by atoms with Crippen molar-refractivity contribution in [2.24, 2.45) is 0 Å². The molecule has 4 aromatic rings. The first-order valence-corrected chi connectivity index (χ1v) is 9.45. The van der Waals surface area contributed by atoms with Crippen LogP contribution in [0.3, 0.4) is 0 Å². The van der Waals surface area contributed by atoms with Gasteiger partial charge in [0, 0.05) is 18.7 Å². The number of thiophene rings is 1. The predicted octanol–water partition coefficient (Wildman–Crippen LogP) is 4.50. The maximum Gasteiger partial charge on any atom is 0.262 e. The molecule has 5 heteroatoms. The van der Waals surface area contributed by atoms with Crippen LogP contribution in [-0.4, -0.2) is 22.0 Å². The highest BCUT2D eigenvalue weighted by atomic mass is 32.1. The van der Waals surface area contributed by atoms with Crippen LogP contribution in [0.1, 0.15) is 15.5 Å². The maximum atomic E-state index is 12.7. The Morgan fingerprint density at radius 2 is 1.85 bits per heavy atom. The van der Waals surface area contributed by atoms with E-state index in [1.807, 2.05) is 66.9 Å². The molecule has 0 saturated carbocycles. The highest BCUT2D eigenvalue weighted by Crippen LogP contribution is 2.28. The Bertz CT molecular complexity index is 1050. The summed E-state index contributed by atoms with van der Waals surface area (Å²) >= 11 is 1.47. The van der Waals surface area contributed by atoms with Crippen molar-refractivity contribution in [3.8, 4) is 11.1 Å². The van der Waals surface area contributed by atoms with Crippen LogP contribution < -0.4 is 5.32 Å². The molecule has 0 radical (unpaired) electrons. The number of carbonyl (C=O) groups is 1. The van der Waals surface area contributed by atoms with E-state index in [-0.39, 0.29) is 5.91 Å². The van der Waals surface area contributed by atoms with E-state index >= 15 is 0 Å². The minimum atomic E-state index is -0.0269. The van der Waals surface area contributed by atoms with E-state index in [0.29, 0.717) is 13.1 Å². The van der Waals surface area contributed by atoms with E-state index in [0.717, 1.165) is 32.9 Å². The maximum absolute atomic E-state index is 12.7. The quantitative estimate of drug-likeness (QED) is 0.569. The average Bonchev–Trinajstić information content (AvgIpc) is 3.27. The number of hydrogen-bond acceptors (Lipinski definition) is 3. The molecule has 0 saturated heterocycles. The molecule has 130 valence electrons. The first-order chi connectivity index (χ1) is 12.7. The lowest BCUT2D eigenvalue weighted by molar-refractivity contribution is 0.0957. The van der Waals surface area contributed by atoms with Crippen LogP contribution in [0.15, 0.2) is 66.0 Å². The summed E-state index contributed by atoms with van der Waals surface area (Å²) in [5, 5.41) is 5.01. The van der Waals surface area contributed by atoms with Crippen LogP contribution >= 0.6 is 11.3 Å². The molecule has 2 aromatic heterocycles. The van der Waals surface area contributed by atoms with Crippen molar-refractivity contribution < 1.29 is 4.79 Å². The molecular weight excluding hydrogens is 342 g/mol. The fourth-order valence-corrected chi connectivity index (χ4v) is 4.00. The van der Waals surface area contributed by atoms with Gasteiger partial charge in [-0.3, -0.25) is 4.79 Å². The van der Waals surface area contributed by atoms with Gasteiger partial charge in [-0.15, -0.1) is 11.3 Å². The monoisotopic (exact) mass is 361 g/mol. The van der Waals surface area contributed by atoms with Gasteiger partial charge in [0.2, 0.25) is 0 Å². The molecule has 1 amide bonds. The second-order valence-electron chi connectivity index (χ2n) is 6.08. The number of carbonyl (C=O) groups excluding carboxylic acids is 1. The van der Waals surface area contributed by atoms with Crippen molar-refractivity contribution in [3.05, 3.63) is 76.7 Å². The zero-order chi connectivity index (χ0) is 17.9. The van der Waals surface area contributed by atoms with Crippen molar-refractivity contribution in [2.45, 2.75) is 13.5 Å². The largest absolute Gasteiger partial charge is 0.350 e. The summed E-state index contributed by atoms with van der Waals surface area (Å²) < 4.78 is 2.14. The van der Waals surface area contributed by atoms with Crippen LogP contribution in [0.5, 0.6) is 0 Å². The second kappa shape index (κ2) is 7.14. The van der Waals surface area contributed by atoms with Gasteiger partial charge in [0.1, 0.15) is 5.82 Å². The number of hydrogen-bond donors (Lipinski definition) is 1. The van der Waals surface area contributed by atoms with Crippen LogP contribution in [-0.2, 0) is 6.54 Å². The van der Waals surface area contributed by atoms with Gasteiger partial charge in [-0.25, -0.2) is 4.98 Å². The molecule has 26 heavy (non-hydrogen) atoms. The van der Waals surface area contributed by atoms with E-state index < -0.39 is 0 Å². The number of aromatic nitrogens is 2. The SMILES string of the molecule is Cc1nc2ccccc2n1CCNC(=O)c1sccc1-c1ccccc1. The predicted molar refractivity (Wildman–Crippen MR) is 107 cm³/mol. The first kappa shape index (κ1) is 16.5. The molecule has 2 aromatic carbocycles. The van der Waals surface area contributed by atoms with Crippen LogP contribution in [0, 0.1) is 6.92 Å². The number of fused-ring (bicyclic) bond motifs is 1. The number of rotatable bonds is 5. The van der Waals surface area contributed by atoms with Crippen molar-refractivity contribution >= 4 is 28.3 Å². The summed E-state index contributed by atoms with van der Waals surface area (Å²) in [6.07, 6.45) is 0. The normalized spacial score (nSPS) is 11.0. The minimum Gasteiger partial charge on any atom is -0.350 e. The van der Waals surface area contributed by atoms with Crippen LogP contribution in [0.4, 0.5) is 0 Å². The van der Waals surface area contributed by atoms with Crippen LogP contribution in [0.2, 0.25) is 0 Å². The fourth-order valence-electron chi connectivity index (χ4n) is 3.17. The Labute approximate surface area is 156 Å². The van der Waals surface area contributed by atoms with Crippen molar-refractivity contribution in [2.75, 3.05) is 6.54 Å². The molecule has 2 heterocycles. The molecule has 0 aliphatic heterocycles. The third-order valence-electron chi connectivity index (χ3n) is 4.42. The van der Waals surface area contributed by atoms with E-state index in [2.05, 4.69) is 20.9 Å². The summed E-state index contributed by atoms with van der Waals surface area (Å²) in [5.74, 6) is 0.933. The van der Waals surface area contributed by atoms with E-state index in [4.69, 9.17) is 0 Å². The lowest BCUT2D eigenvalue weighted by Gasteiger charge is -2.09. The van der Waals surface area contributed by atoms with Crippen molar-refractivity contribution in [3.63, 3.8) is 0 Å². The molecule has 1 N–H and O–H groups in total. The standard InChI is InChI=1S/C21H19N3OS/c1-15-23-18-9-5-6-10-19(18)24(15)13-12-22-21(25)20-17(11-14-26-20)16-7-3-2-4-8-16/h2-11,14H,12-13H2,1H3,(H,22,25). The number of nitrogens with one attached hydrogen (secondary N) is 1. The Morgan fingerprint density at radius 3 is 2.69 bits per heavy atom. The summed E-state index contributed by atoms with van der Waals surface area (Å²) in [5.41, 5.74) is 4.13. The fraction of sp³-hybridized carbons (Fsp3) is 0.143. The molecule has 0 unspecified atom stereocenters. The molecule has 0 aliphatic carbocycles. The van der Waals surface area contributed by atoms with Crippen molar-refractivity contribution in [1.82, 2.24) is 14.9 Å². The van der Waals surface area contributed by atoms with Gasteiger partial charge in [-0.2, -0.15) is 0 Å². The van der Waals surface area contributed by atoms with Gasteiger partial charge < -0.3 is 9.88 Å². The zero-order valence-corrected chi connectivity index (χ0v) is 15.3. The molecule has 4 nitrogen and oxygen atoms in total. The zero-order valence-electron chi connectivity index (χ0n) is 14.5. The highest BCUT2D eigenvalue weighted by molar-refractivity contribution is 7.12. The number of aryl methyl sites for hydroxylation is 1. The Kier molecular flexibility index (Phi) is 4.54. The molecule has 4 rings (SSSR count). The molecule has 0 bridgehead atoms. The summed E-state index contributed by atoms with van der Waals surface area (Å²) in [6, 6.07) is 20.1. The number of imidazole rings is 1. The van der Waals surface area contributed by atoms with Gasteiger partial charge in [0.25, 0.3) is 5.91 Å². The van der Waals surface area contributed by atoms with E-state index in [9.17, 15) is 4.79 Å². The Balaban J connectivity index is 1.47. The lowest BCUT2D eigenvalue weighted by atomic mass is 10.1. The highest BCUT2D eigenvalue weighted by Gasteiger charge is 2.14. The number of benzene rings is 2. The molecule has 0 atom stereocenters. The molecule has 0 spiro atoms. The van der Waals surface area contributed by atoms with Gasteiger partial charge in [0.05, 0.1) is 15.9 Å². The summed E-state index contributed by atoms with van der Waals surface area (Å²) in [4.78, 5) is 18.0. The van der Waals surface area contributed by atoms with E-state index in [1.54, 1.807) is 0 Å². The minimum absolute atomic E-state index is 0.0269. The third kappa shape index (κ3) is 3.13. The number of amides is 1. The van der Waals surface area contributed by atoms with Gasteiger partial charge in [-0.1, -0.05) is 42.5 Å². The topological polar surface area (TPSA) is 46.9 Å². The Morgan fingerprint density at radius 1 is 1.08 bits per heavy atom. The third-order valence-corrected chi connectivity index (χ3v) is 5.34. The number of nitrogens with zero attached hydrogens (tertiary/aromatic N) is 2. The van der Waals surface area contributed by atoms with Crippen LogP contribution in [0.25, 0.3) is 22.2 Å². The summed E-state index contributed by atoms with van der Waals surface area (Å²) in [7, 11) is 0. The van der Waals surface area contributed by atoms with Gasteiger partial charge in [0.15, 0.2) is 0 Å². The molecule has 0 fully saturated rings. The van der Waals surface area contributed by atoms with Gasteiger partial charge in [-0.05, 0) is 36.1 Å². The molecule has 0 aliphatic rings. The number of para-hydroxylation sites is 2. The van der Waals surface area contributed by atoms with Crippen molar-refractivity contribution in [1.29, 1.82) is 0 Å². The van der Waals surface area contributed by atoms with Gasteiger partial charge >= 0.3 is 0 Å². The lowest BCUT2D eigenvalue weighted by Crippen LogP contribution is -2.27. The first-order valence-electron chi connectivity index (χ1n) is 8.57. The summed E-state index contributed by atoms with van der Waals surface area (Å²) in [6.45, 7) is 3.25. The average molecular weight is 361 g/mol. The Hall–Kier alpha value is -2.92. The van der Waals surface area contributed by atoms with E-state index in [1.165, 1.54) is 11.3 Å². The molecular formula is C21H19N3OS.